The van der Waals surface area contributed by atoms with Crippen molar-refractivity contribution in [3.05, 3.63) is 65.7 Å². The number of esters is 1. The Labute approximate surface area is 176 Å². The molecule has 7 nitrogen and oxygen atoms in total. The fourth-order valence-corrected chi connectivity index (χ4v) is 5.21. The lowest BCUT2D eigenvalue weighted by Crippen LogP contribution is -2.64. The Balaban J connectivity index is 1.77. The van der Waals surface area contributed by atoms with Gasteiger partial charge in [0, 0.05) is 7.11 Å². The minimum Gasteiger partial charge on any atom is -0.461 e. The lowest BCUT2D eigenvalue weighted by molar-refractivity contribution is -0.165. The summed E-state index contributed by atoms with van der Waals surface area (Å²) < 4.78 is 37.5. The lowest BCUT2D eigenvalue weighted by Gasteiger charge is -2.45. The standard InChI is InChI=1S/C22H25NO6S/c1-4-18-19(14-29-22(25)20(28-3)16-8-6-5-7-9-16)23(21(18)24)30(26,27)17-12-10-15(2)11-13-17/h5-13,18-20H,4,14H2,1-3H3/t18?,19-,20+/m0/s1. The molecule has 3 atom stereocenters. The number of ether oxygens (including phenoxy) is 2. The molecule has 1 heterocycles. The molecule has 0 spiro atoms. The summed E-state index contributed by atoms with van der Waals surface area (Å²) in [5, 5.41) is 0. The van der Waals surface area contributed by atoms with Gasteiger partial charge in [-0.2, -0.15) is 0 Å². The van der Waals surface area contributed by atoms with E-state index >= 15 is 0 Å². The number of amides is 1. The second-order valence-electron chi connectivity index (χ2n) is 7.19. The molecule has 2 aromatic carbocycles. The van der Waals surface area contributed by atoms with E-state index in [0.717, 1.165) is 9.87 Å². The summed E-state index contributed by atoms with van der Waals surface area (Å²) in [6.45, 7) is 3.43. The van der Waals surface area contributed by atoms with Crippen LogP contribution < -0.4 is 0 Å². The zero-order valence-corrected chi connectivity index (χ0v) is 18.0. The molecule has 0 saturated carbocycles. The number of nitrogens with zero attached hydrogens (tertiary/aromatic N) is 1. The molecule has 3 rings (SSSR count). The summed E-state index contributed by atoms with van der Waals surface area (Å²) >= 11 is 0. The van der Waals surface area contributed by atoms with Crippen LogP contribution in [0.15, 0.2) is 59.5 Å². The van der Waals surface area contributed by atoms with E-state index in [1.54, 1.807) is 43.3 Å². The molecule has 1 aliphatic rings. The number of benzene rings is 2. The number of hydrogen-bond donors (Lipinski definition) is 0. The Morgan fingerprint density at radius 2 is 1.73 bits per heavy atom. The second-order valence-corrected chi connectivity index (χ2v) is 9.01. The number of β-lactam (4-membered cyclic amide) rings is 1. The number of rotatable bonds is 8. The highest BCUT2D eigenvalue weighted by Gasteiger charge is 2.53. The number of methoxy groups -OCH3 is 1. The molecule has 0 bridgehead atoms. The lowest BCUT2D eigenvalue weighted by atomic mass is 9.88. The van der Waals surface area contributed by atoms with E-state index in [2.05, 4.69) is 0 Å². The number of sulfonamides is 1. The van der Waals surface area contributed by atoms with Crippen LogP contribution in [0.3, 0.4) is 0 Å². The van der Waals surface area contributed by atoms with Gasteiger partial charge in [-0.15, -0.1) is 0 Å². The first-order valence-corrected chi connectivity index (χ1v) is 11.1. The van der Waals surface area contributed by atoms with E-state index in [-0.39, 0.29) is 11.5 Å². The van der Waals surface area contributed by atoms with E-state index in [9.17, 15) is 18.0 Å². The maximum Gasteiger partial charge on any atom is 0.339 e. The van der Waals surface area contributed by atoms with Crippen molar-refractivity contribution < 1.29 is 27.5 Å². The molecule has 0 aromatic heterocycles. The van der Waals surface area contributed by atoms with Crippen molar-refractivity contribution in [2.45, 2.75) is 37.3 Å². The summed E-state index contributed by atoms with van der Waals surface area (Å²) in [5.74, 6) is -1.63. The predicted octanol–water partition coefficient (Wildman–Crippen LogP) is 2.85. The van der Waals surface area contributed by atoms with Gasteiger partial charge in [-0.05, 0) is 31.0 Å². The minimum atomic E-state index is -4.02. The van der Waals surface area contributed by atoms with Crippen molar-refractivity contribution in [1.82, 2.24) is 4.31 Å². The first-order chi connectivity index (χ1) is 14.3. The molecule has 1 unspecified atom stereocenters. The Morgan fingerprint density at radius 1 is 1.10 bits per heavy atom. The maximum atomic E-state index is 13.0. The molecule has 160 valence electrons. The van der Waals surface area contributed by atoms with Crippen molar-refractivity contribution in [1.29, 1.82) is 0 Å². The second kappa shape index (κ2) is 8.97. The molecule has 0 radical (unpaired) electrons. The molecule has 0 N–H and O–H groups in total. The van der Waals surface area contributed by atoms with Crippen LogP contribution in [-0.4, -0.2) is 44.4 Å². The van der Waals surface area contributed by atoms with Gasteiger partial charge in [0.15, 0.2) is 6.10 Å². The zero-order valence-electron chi connectivity index (χ0n) is 17.1. The van der Waals surface area contributed by atoms with E-state index < -0.39 is 40.0 Å². The summed E-state index contributed by atoms with van der Waals surface area (Å²) in [7, 11) is -2.63. The third-order valence-electron chi connectivity index (χ3n) is 5.27. The van der Waals surface area contributed by atoms with Gasteiger partial charge in [-0.1, -0.05) is 55.0 Å². The maximum absolute atomic E-state index is 13.0. The highest BCUT2D eigenvalue weighted by atomic mass is 32.2. The summed E-state index contributed by atoms with van der Waals surface area (Å²) in [6.07, 6.45) is -0.475. The summed E-state index contributed by atoms with van der Waals surface area (Å²) in [4.78, 5) is 25.1. The van der Waals surface area contributed by atoms with Crippen LogP contribution in [0.1, 0.15) is 30.6 Å². The van der Waals surface area contributed by atoms with Gasteiger partial charge in [0.2, 0.25) is 5.91 Å². The normalized spacial score (nSPS) is 19.8. The fraction of sp³-hybridized carbons (Fsp3) is 0.364. The predicted molar refractivity (Wildman–Crippen MR) is 110 cm³/mol. The average Bonchev–Trinajstić information content (AvgIpc) is 2.72. The molecule has 1 aliphatic heterocycles. The number of carbonyl (C=O) groups is 2. The van der Waals surface area contributed by atoms with Crippen LogP contribution in [0.5, 0.6) is 0 Å². The van der Waals surface area contributed by atoms with Gasteiger partial charge in [0.05, 0.1) is 16.9 Å². The van der Waals surface area contributed by atoms with E-state index in [1.807, 2.05) is 13.0 Å². The van der Waals surface area contributed by atoms with E-state index in [4.69, 9.17) is 9.47 Å². The van der Waals surface area contributed by atoms with Crippen LogP contribution >= 0.6 is 0 Å². The SMILES string of the molecule is CCC1C(=O)N(S(=O)(=O)c2ccc(C)cc2)[C@H]1COC(=O)[C@H](OC)c1ccccc1. The number of aryl methyl sites for hydroxylation is 1. The van der Waals surface area contributed by atoms with Crippen molar-refractivity contribution in [2.24, 2.45) is 5.92 Å². The Hall–Kier alpha value is -2.71. The van der Waals surface area contributed by atoms with Gasteiger partial charge < -0.3 is 9.47 Å². The highest BCUT2D eigenvalue weighted by molar-refractivity contribution is 7.89. The van der Waals surface area contributed by atoms with Gasteiger partial charge in [0.1, 0.15) is 6.61 Å². The summed E-state index contributed by atoms with van der Waals surface area (Å²) in [6, 6.07) is 14.4. The van der Waals surface area contributed by atoms with Crippen LogP contribution in [-0.2, 0) is 29.1 Å². The third-order valence-corrected chi connectivity index (χ3v) is 7.10. The Morgan fingerprint density at radius 3 is 2.30 bits per heavy atom. The smallest absolute Gasteiger partial charge is 0.339 e. The molecule has 1 amide bonds. The monoisotopic (exact) mass is 431 g/mol. The molecule has 1 saturated heterocycles. The highest BCUT2D eigenvalue weighted by Crippen LogP contribution is 2.35. The quantitative estimate of drug-likeness (QED) is 0.472. The van der Waals surface area contributed by atoms with Crippen LogP contribution in [0, 0.1) is 12.8 Å². The zero-order chi connectivity index (χ0) is 21.9. The number of carbonyl (C=O) groups excluding carboxylic acids is 2. The van der Waals surface area contributed by atoms with Crippen molar-refractivity contribution >= 4 is 21.9 Å². The number of hydrogen-bond acceptors (Lipinski definition) is 6. The molecule has 1 fully saturated rings. The fourth-order valence-electron chi connectivity index (χ4n) is 3.56. The average molecular weight is 432 g/mol. The van der Waals surface area contributed by atoms with Gasteiger partial charge in [-0.3, -0.25) is 4.79 Å². The van der Waals surface area contributed by atoms with Crippen molar-refractivity contribution in [3.8, 4) is 0 Å². The first kappa shape index (κ1) is 22.0. The van der Waals surface area contributed by atoms with E-state index in [0.29, 0.717) is 12.0 Å². The molecule has 30 heavy (non-hydrogen) atoms. The molecular formula is C22H25NO6S. The van der Waals surface area contributed by atoms with Gasteiger partial charge in [0.25, 0.3) is 10.0 Å². The Bertz CT molecular complexity index is 1000. The molecular weight excluding hydrogens is 406 g/mol. The van der Waals surface area contributed by atoms with E-state index in [1.165, 1.54) is 19.2 Å². The van der Waals surface area contributed by atoms with Crippen LogP contribution in [0.25, 0.3) is 0 Å². The Kier molecular flexibility index (Phi) is 6.58. The van der Waals surface area contributed by atoms with Crippen LogP contribution in [0.2, 0.25) is 0 Å². The van der Waals surface area contributed by atoms with Crippen molar-refractivity contribution in [2.75, 3.05) is 13.7 Å². The third kappa shape index (κ3) is 4.11. The van der Waals surface area contributed by atoms with Crippen molar-refractivity contribution in [3.63, 3.8) is 0 Å². The topological polar surface area (TPSA) is 90.0 Å². The molecule has 8 heteroatoms. The van der Waals surface area contributed by atoms with Crippen LogP contribution in [0.4, 0.5) is 0 Å². The summed E-state index contributed by atoms with van der Waals surface area (Å²) in [5.41, 5.74) is 1.54. The van der Waals surface area contributed by atoms with Gasteiger partial charge >= 0.3 is 5.97 Å². The largest absolute Gasteiger partial charge is 0.461 e. The molecule has 2 aromatic rings. The first-order valence-electron chi connectivity index (χ1n) is 9.70. The minimum absolute atomic E-state index is 0.0337. The molecule has 0 aliphatic carbocycles. The van der Waals surface area contributed by atoms with Gasteiger partial charge in [-0.25, -0.2) is 17.5 Å².